The third-order valence-electron chi connectivity index (χ3n) is 1.50. The second-order valence-electron chi connectivity index (χ2n) is 2.40. The summed E-state index contributed by atoms with van der Waals surface area (Å²) in [5, 5.41) is 1.98. The molecule has 2 aromatic rings. The molecule has 0 saturated heterocycles. The average Bonchev–Trinajstić information content (AvgIpc) is 2.51. The van der Waals surface area contributed by atoms with Crippen molar-refractivity contribution in [3.05, 3.63) is 28.2 Å². The molecular weight excluding hydrogens is 250 g/mol. The molecule has 0 radical (unpaired) electrons. The monoisotopic (exact) mass is 255 g/mol. The van der Waals surface area contributed by atoms with Gasteiger partial charge in [0.15, 0.2) is 5.82 Å². The van der Waals surface area contributed by atoms with Crippen molar-refractivity contribution in [3.63, 3.8) is 0 Å². The fraction of sp³-hybridized carbons (Fsp3) is 0. The van der Waals surface area contributed by atoms with Crippen LogP contribution in [-0.2, 0) is 0 Å². The number of aromatic nitrogens is 2. The van der Waals surface area contributed by atoms with Crippen LogP contribution in [0, 0.1) is 0 Å². The van der Waals surface area contributed by atoms with Crippen LogP contribution >= 0.6 is 27.3 Å². The van der Waals surface area contributed by atoms with Crippen LogP contribution in [-0.4, -0.2) is 9.97 Å². The molecule has 2 heterocycles. The summed E-state index contributed by atoms with van der Waals surface area (Å²) in [5.41, 5.74) is 5.55. The van der Waals surface area contributed by atoms with E-state index in [1.807, 2.05) is 11.4 Å². The predicted molar refractivity (Wildman–Crippen MR) is 57.5 cm³/mol. The Kier molecular flexibility index (Phi) is 2.28. The van der Waals surface area contributed by atoms with Crippen LogP contribution < -0.4 is 5.73 Å². The highest BCUT2D eigenvalue weighted by atomic mass is 79.9. The number of nitrogens with two attached hydrogens (primary N) is 1. The van der Waals surface area contributed by atoms with E-state index in [-0.39, 0.29) is 0 Å². The van der Waals surface area contributed by atoms with Gasteiger partial charge in [-0.2, -0.15) is 0 Å². The number of nitrogens with zero attached hydrogens (tertiary/aromatic N) is 2. The maximum absolute atomic E-state index is 5.55. The normalized spacial score (nSPS) is 10.2. The van der Waals surface area contributed by atoms with E-state index in [0.717, 1.165) is 9.35 Å². The topological polar surface area (TPSA) is 51.8 Å². The maximum Gasteiger partial charge on any atom is 0.172 e. The van der Waals surface area contributed by atoms with E-state index in [2.05, 4.69) is 25.9 Å². The molecule has 0 saturated carbocycles. The van der Waals surface area contributed by atoms with Crippen LogP contribution in [0.1, 0.15) is 0 Å². The molecule has 5 heteroatoms. The van der Waals surface area contributed by atoms with Crippen molar-refractivity contribution < 1.29 is 0 Å². The zero-order valence-corrected chi connectivity index (χ0v) is 8.97. The number of nitrogen functional groups attached to an aromatic ring is 1. The quantitative estimate of drug-likeness (QED) is 0.853. The van der Waals surface area contributed by atoms with Crippen molar-refractivity contribution in [2.75, 3.05) is 5.73 Å². The van der Waals surface area contributed by atoms with Crippen LogP contribution in [0.15, 0.2) is 28.2 Å². The smallest absolute Gasteiger partial charge is 0.172 e. The number of hydrogen-bond donors (Lipinski definition) is 1. The lowest BCUT2D eigenvalue weighted by atomic mass is 10.4. The molecule has 3 nitrogen and oxygen atoms in total. The van der Waals surface area contributed by atoms with Crippen molar-refractivity contribution in [3.8, 4) is 10.7 Å². The Morgan fingerprint density at radius 2 is 2.23 bits per heavy atom. The third-order valence-corrected chi connectivity index (χ3v) is 3.33. The molecule has 2 N–H and O–H groups in total. The van der Waals surface area contributed by atoms with E-state index in [9.17, 15) is 0 Å². The molecule has 0 aromatic carbocycles. The summed E-state index contributed by atoms with van der Waals surface area (Å²) >= 11 is 5.00. The molecule has 0 fully saturated rings. The summed E-state index contributed by atoms with van der Waals surface area (Å²) in [4.78, 5) is 9.26. The third kappa shape index (κ3) is 1.71. The van der Waals surface area contributed by atoms with Gasteiger partial charge in [0.25, 0.3) is 0 Å². The number of hydrogen-bond acceptors (Lipinski definition) is 4. The Morgan fingerprint density at radius 1 is 1.38 bits per heavy atom. The van der Waals surface area contributed by atoms with Crippen LogP contribution in [0.2, 0.25) is 0 Å². The van der Waals surface area contributed by atoms with Gasteiger partial charge in [-0.1, -0.05) is 0 Å². The van der Waals surface area contributed by atoms with E-state index >= 15 is 0 Å². The van der Waals surface area contributed by atoms with E-state index in [0.29, 0.717) is 11.6 Å². The minimum absolute atomic E-state index is 0.491. The van der Waals surface area contributed by atoms with Gasteiger partial charge in [-0.05, 0) is 33.4 Å². The van der Waals surface area contributed by atoms with Gasteiger partial charge in [0, 0.05) is 10.7 Å². The van der Waals surface area contributed by atoms with Gasteiger partial charge < -0.3 is 5.73 Å². The maximum atomic E-state index is 5.55. The highest BCUT2D eigenvalue weighted by Gasteiger charge is 2.06. The molecule has 0 aliphatic heterocycles. The Bertz CT molecular complexity index is 427. The number of rotatable bonds is 1. The molecule has 0 bridgehead atoms. The minimum Gasteiger partial charge on any atom is -0.384 e. The van der Waals surface area contributed by atoms with Crippen molar-refractivity contribution in [2.24, 2.45) is 0 Å². The predicted octanol–water partition coefficient (Wildman–Crippen LogP) is 2.55. The Morgan fingerprint density at radius 3 is 2.85 bits per heavy atom. The summed E-state index contributed by atoms with van der Waals surface area (Å²) in [7, 11) is 0. The first-order chi connectivity index (χ1) is 6.27. The van der Waals surface area contributed by atoms with Crippen molar-refractivity contribution in [1.29, 1.82) is 0 Å². The summed E-state index contributed by atoms with van der Waals surface area (Å²) in [6.45, 7) is 0. The molecule has 66 valence electrons. The van der Waals surface area contributed by atoms with Gasteiger partial charge in [-0.15, -0.1) is 11.3 Å². The second-order valence-corrected chi connectivity index (χ2v) is 4.17. The molecule has 0 aliphatic carbocycles. The van der Waals surface area contributed by atoms with Crippen LogP contribution in [0.5, 0.6) is 0 Å². The Hall–Kier alpha value is -0.940. The van der Waals surface area contributed by atoms with E-state index in [1.54, 1.807) is 23.6 Å². The lowest BCUT2D eigenvalue weighted by molar-refractivity contribution is 1.19. The van der Waals surface area contributed by atoms with Gasteiger partial charge in [0.05, 0.1) is 4.88 Å². The summed E-state index contributed by atoms with van der Waals surface area (Å²) in [6.07, 6.45) is 1.66. The zero-order valence-electron chi connectivity index (χ0n) is 6.57. The van der Waals surface area contributed by atoms with Crippen molar-refractivity contribution in [1.82, 2.24) is 9.97 Å². The first-order valence-electron chi connectivity index (χ1n) is 3.59. The van der Waals surface area contributed by atoms with E-state index < -0.39 is 0 Å². The number of halogens is 1. The van der Waals surface area contributed by atoms with E-state index in [1.165, 1.54) is 0 Å². The first-order valence-corrected chi connectivity index (χ1v) is 5.26. The summed E-state index contributed by atoms with van der Waals surface area (Å²) in [6, 6.07) is 3.64. The number of thiophene rings is 1. The standard InChI is InChI=1S/C8H6BrN3S/c9-5-2-4-13-7(5)8-11-3-1-6(10)12-8/h1-4H,(H2,10,11,12). The second kappa shape index (κ2) is 3.43. The number of anilines is 1. The van der Waals surface area contributed by atoms with Gasteiger partial charge in [-0.25, -0.2) is 9.97 Å². The SMILES string of the molecule is Nc1ccnc(-c2sccc2Br)n1. The molecule has 2 aromatic heterocycles. The Balaban J connectivity index is 2.53. The van der Waals surface area contributed by atoms with Crippen LogP contribution in [0.25, 0.3) is 10.7 Å². The molecule has 0 spiro atoms. The highest BCUT2D eigenvalue weighted by molar-refractivity contribution is 9.10. The van der Waals surface area contributed by atoms with E-state index in [4.69, 9.17) is 5.73 Å². The molecule has 13 heavy (non-hydrogen) atoms. The largest absolute Gasteiger partial charge is 0.384 e. The molecule has 0 atom stereocenters. The van der Waals surface area contributed by atoms with Crippen molar-refractivity contribution in [2.45, 2.75) is 0 Å². The summed E-state index contributed by atoms with van der Waals surface area (Å²) < 4.78 is 1.00. The van der Waals surface area contributed by atoms with Gasteiger partial charge in [-0.3, -0.25) is 0 Å². The van der Waals surface area contributed by atoms with Gasteiger partial charge in [0.2, 0.25) is 0 Å². The fourth-order valence-electron chi connectivity index (χ4n) is 0.935. The molecule has 0 amide bonds. The minimum atomic E-state index is 0.491. The lowest BCUT2D eigenvalue weighted by Gasteiger charge is -1.97. The van der Waals surface area contributed by atoms with Gasteiger partial charge >= 0.3 is 0 Å². The molecule has 0 aliphatic rings. The van der Waals surface area contributed by atoms with Crippen molar-refractivity contribution >= 4 is 33.1 Å². The Labute approximate surface area is 87.8 Å². The van der Waals surface area contributed by atoms with Gasteiger partial charge in [0.1, 0.15) is 5.82 Å². The van der Waals surface area contributed by atoms with Crippen LogP contribution in [0.4, 0.5) is 5.82 Å². The summed E-state index contributed by atoms with van der Waals surface area (Å²) in [5.74, 6) is 1.16. The van der Waals surface area contributed by atoms with Crippen LogP contribution in [0.3, 0.4) is 0 Å². The molecular formula is C8H6BrN3S. The average molecular weight is 256 g/mol. The molecule has 0 unspecified atom stereocenters. The zero-order chi connectivity index (χ0) is 9.26. The first kappa shape index (κ1) is 8.65. The molecule has 2 rings (SSSR count). The lowest BCUT2D eigenvalue weighted by Crippen LogP contribution is -1.93. The fourth-order valence-corrected chi connectivity index (χ4v) is 2.42. The highest BCUT2D eigenvalue weighted by Crippen LogP contribution is 2.30.